The van der Waals surface area contributed by atoms with Gasteiger partial charge in [0.25, 0.3) is 5.91 Å². The lowest BCUT2D eigenvalue weighted by atomic mass is 10.0. The van der Waals surface area contributed by atoms with Gasteiger partial charge in [-0.15, -0.1) is 0 Å². The van der Waals surface area contributed by atoms with E-state index in [4.69, 9.17) is 4.52 Å². The van der Waals surface area contributed by atoms with Gasteiger partial charge < -0.3 is 9.51 Å². The third kappa shape index (κ3) is 3.32. The minimum Gasteiger partial charge on any atom is -0.354 e. The van der Waals surface area contributed by atoms with Gasteiger partial charge in [-0.3, -0.25) is 20.0 Å². The van der Waals surface area contributed by atoms with Crippen molar-refractivity contribution in [2.24, 2.45) is 0 Å². The molecule has 134 valence electrons. The van der Waals surface area contributed by atoms with Crippen molar-refractivity contribution in [3.63, 3.8) is 0 Å². The Morgan fingerprint density at radius 3 is 2.65 bits per heavy atom. The number of hydrogen-bond donors (Lipinski definition) is 3. The van der Waals surface area contributed by atoms with Gasteiger partial charge >= 0.3 is 6.01 Å². The maximum absolute atomic E-state index is 12.4. The lowest BCUT2D eigenvalue weighted by molar-refractivity contribution is 0.0955. The molecule has 26 heavy (non-hydrogen) atoms. The number of carbonyl (C=O) groups excluding carboxylic acids is 2. The van der Waals surface area contributed by atoms with E-state index in [0.717, 1.165) is 5.56 Å². The molecule has 3 aromatic rings. The molecule has 0 aliphatic rings. The highest BCUT2D eigenvalue weighted by Gasteiger charge is 2.21. The number of nitrogens with one attached hydrogen (secondary N) is 3. The van der Waals surface area contributed by atoms with Crippen LogP contribution in [0.2, 0.25) is 0 Å². The zero-order valence-electron chi connectivity index (χ0n) is 14.6. The Kier molecular flexibility index (Phi) is 4.78. The number of pyridine rings is 1. The molecule has 0 saturated carbocycles. The van der Waals surface area contributed by atoms with Gasteiger partial charge in [-0.1, -0.05) is 12.1 Å². The zero-order chi connectivity index (χ0) is 18.7. The second kappa shape index (κ2) is 7.18. The van der Waals surface area contributed by atoms with Crippen LogP contribution < -0.4 is 10.9 Å². The molecular formula is C17H18N6O3. The van der Waals surface area contributed by atoms with Crippen LogP contribution in [-0.4, -0.2) is 31.8 Å². The molecular weight excluding hydrogens is 336 g/mol. The Morgan fingerprint density at radius 2 is 2.00 bits per heavy atom. The van der Waals surface area contributed by atoms with E-state index >= 15 is 0 Å². The Balaban J connectivity index is 1.73. The average molecular weight is 354 g/mol. The summed E-state index contributed by atoms with van der Waals surface area (Å²) in [7, 11) is 0. The van der Waals surface area contributed by atoms with Crippen LogP contribution in [0.15, 0.2) is 29.0 Å². The molecule has 3 aromatic heterocycles. The lowest BCUT2D eigenvalue weighted by Crippen LogP contribution is -2.30. The maximum atomic E-state index is 12.4. The molecule has 3 heterocycles. The molecule has 0 bridgehead atoms. The van der Waals surface area contributed by atoms with Crippen LogP contribution in [0.25, 0.3) is 11.4 Å². The quantitative estimate of drug-likeness (QED) is 0.458. The van der Waals surface area contributed by atoms with Crippen molar-refractivity contribution in [2.45, 2.75) is 27.2 Å². The summed E-state index contributed by atoms with van der Waals surface area (Å²) < 4.78 is 5.06. The second-order valence-corrected chi connectivity index (χ2v) is 5.63. The van der Waals surface area contributed by atoms with Crippen LogP contribution in [-0.2, 0) is 6.42 Å². The molecule has 3 rings (SSSR count). The SMILES string of the molecule is CCc1c(C(=O)NNc2nc(-c3ccncc3)no2)[nH]c(C)c1C(C)=O. The third-order valence-corrected chi connectivity index (χ3v) is 3.87. The van der Waals surface area contributed by atoms with Crippen molar-refractivity contribution in [1.82, 2.24) is 25.5 Å². The van der Waals surface area contributed by atoms with Crippen molar-refractivity contribution in [3.8, 4) is 11.4 Å². The first kappa shape index (κ1) is 17.3. The van der Waals surface area contributed by atoms with Crippen LogP contribution in [0, 0.1) is 6.92 Å². The first-order valence-corrected chi connectivity index (χ1v) is 8.04. The maximum Gasteiger partial charge on any atom is 0.340 e. The molecule has 1 amide bonds. The largest absolute Gasteiger partial charge is 0.354 e. The number of nitrogens with zero attached hydrogens (tertiary/aromatic N) is 3. The van der Waals surface area contributed by atoms with Crippen molar-refractivity contribution >= 4 is 17.7 Å². The van der Waals surface area contributed by atoms with Gasteiger partial charge in [-0.25, -0.2) is 5.43 Å². The smallest absolute Gasteiger partial charge is 0.340 e. The van der Waals surface area contributed by atoms with E-state index in [0.29, 0.717) is 34.8 Å². The van der Waals surface area contributed by atoms with E-state index in [1.165, 1.54) is 6.92 Å². The average Bonchev–Trinajstić information content (AvgIpc) is 3.24. The summed E-state index contributed by atoms with van der Waals surface area (Å²) in [5.41, 5.74) is 8.04. The molecule has 9 heteroatoms. The van der Waals surface area contributed by atoms with E-state index in [-0.39, 0.29) is 11.8 Å². The van der Waals surface area contributed by atoms with E-state index in [9.17, 15) is 9.59 Å². The summed E-state index contributed by atoms with van der Waals surface area (Å²) in [5, 5.41) is 3.83. The normalized spacial score (nSPS) is 10.6. The minimum absolute atomic E-state index is 0.0401. The molecule has 0 saturated heterocycles. The van der Waals surface area contributed by atoms with Crippen LogP contribution >= 0.6 is 0 Å². The fraction of sp³-hybridized carbons (Fsp3) is 0.235. The van der Waals surface area contributed by atoms with Crippen molar-refractivity contribution < 1.29 is 14.1 Å². The standard InChI is InChI=1S/C17H18N6O3/c1-4-12-13(10(3)24)9(2)19-14(12)16(25)21-22-17-20-15(23-26-17)11-5-7-18-8-6-11/h5-8,19H,4H2,1-3H3,(H,21,25)(H,20,22,23). The van der Waals surface area contributed by atoms with Crippen LogP contribution in [0.5, 0.6) is 0 Å². The molecule has 0 aromatic carbocycles. The number of hydrazine groups is 1. The molecule has 0 aliphatic carbocycles. The van der Waals surface area contributed by atoms with Gasteiger partial charge in [0.1, 0.15) is 5.69 Å². The number of amides is 1. The highest BCUT2D eigenvalue weighted by molar-refractivity contribution is 6.02. The number of ketones is 1. The van der Waals surface area contributed by atoms with Gasteiger partial charge in [0.15, 0.2) is 5.78 Å². The Labute approximate surface area is 149 Å². The highest BCUT2D eigenvalue weighted by Crippen LogP contribution is 2.20. The number of Topliss-reactive ketones (excluding diaryl/α,β-unsaturated/α-hetero) is 1. The fourth-order valence-corrected chi connectivity index (χ4v) is 2.77. The van der Waals surface area contributed by atoms with E-state index in [2.05, 4.69) is 31.0 Å². The summed E-state index contributed by atoms with van der Waals surface area (Å²) in [5.74, 6) is -0.143. The van der Waals surface area contributed by atoms with Crippen molar-refractivity contribution in [3.05, 3.63) is 47.0 Å². The summed E-state index contributed by atoms with van der Waals surface area (Å²) in [6.45, 7) is 5.13. The molecule has 0 aliphatic heterocycles. The van der Waals surface area contributed by atoms with Crippen LogP contribution in [0.4, 0.5) is 6.01 Å². The summed E-state index contributed by atoms with van der Waals surface area (Å²) in [4.78, 5) is 35.3. The van der Waals surface area contributed by atoms with Crippen LogP contribution in [0.3, 0.4) is 0 Å². The Hall–Kier alpha value is -3.49. The van der Waals surface area contributed by atoms with E-state index < -0.39 is 5.91 Å². The number of carbonyl (C=O) groups is 2. The number of aromatic nitrogens is 4. The van der Waals surface area contributed by atoms with E-state index in [1.54, 1.807) is 31.5 Å². The minimum atomic E-state index is -0.430. The number of H-pyrrole nitrogens is 1. The summed E-state index contributed by atoms with van der Waals surface area (Å²) in [6.07, 6.45) is 3.79. The van der Waals surface area contributed by atoms with Crippen molar-refractivity contribution in [1.29, 1.82) is 0 Å². The Bertz CT molecular complexity index is 945. The second-order valence-electron chi connectivity index (χ2n) is 5.63. The van der Waals surface area contributed by atoms with Gasteiger partial charge in [0, 0.05) is 29.2 Å². The van der Waals surface area contributed by atoms with Gasteiger partial charge in [0.2, 0.25) is 5.82 Å². The first-order chi connectivity index (χ1) is 12.5. The molecule has 9 nitrogen and oxygen atoms in total. The van der Waals surface area contributed by atoms with E-state index in [1.807, 2.05) is 6.92 Å². The number of anilines is 1. The van der Waals surface area contributed by atoms with Gasteiger partial charge in [-0.2, -0.15) is 4.98 Å². The van der Waals surface area contributed by atoms with Gasteiger partial charge in [0.05, 0.1) is 0 Å². The summed E-state index contributed by atoms with van der Waals surface area (Å²) in [6, 6.07) is 3.52. The first-order valence-electron chi connectivity index (χ1n) is 8.04. The highest BCUT2D eigenvalue weighted by atomic mass is 16.5. The molecule has 3 N–H and O–H groups in total. The zero-order valence-corrected chi connectivity index (χ0v) is 14.6. The van der Waals surface area contributed by atoms with Crippen molar-refractivity contribution in [2.75, 3.05) is 5.43 Å². The number of aryl methyl sites for hydroxylation is 1. The molecule has 0 fully saturated rings. The number of rotatable bonds is 6. The predicted octanol–water partition coefficient (Wildman–Crippen LogP) is 2.29. The fourth-order valence-electron chi connectivity index (χ4n) is 2.77. The monoisotopic (exact) mass is 354 g/mol. The molecule has 0 unspecified atom stereocenters. The summed E-state index contributed by atoms with van der Waals surface area (Å²) >= 11 is 0. The Morgan fingerprint density at radius 1 is 1.27 bits per heavy atom. The predicted molar refractivity (Wildman–Crippen MR) is 93.5 cm³/mol. The third-order valence-electron chi connectivity index (χ3n) is 3.87. The lowest BCUT2D eigenvalue weighted by Gasteiger charge is -2.05. The van der Waals surface area contributed by atoms with Crippen LogP contribution in [0.1, 0.15) is 46.0 Å². The van der Waals surface area contributed by atoms with Gasteiger partial charge in [-0.05, 0) is 38.0 Å². The number of hydrogen-bond acceptors (Lipinski definition) is 7. The molecule has 0 radical (unpaired) electrons. The molecule has 0 spiro atoms. The number of aromatic amines is 1. The topological polar surface area (TPSA) is 126 Å². The molecule has 0 atom stereocenters.